The molecule has 1 atom stereocenters. The Labute approximate surface area is 124 Å². The fourth-order valence-corrected chi connectivity index (χ4v) is 1.94. The first-order valence-electron chi connectivity index (χ1n) is 7.09. The summed E-state index contributed by atoms with van der Waals surface area (Å²) in [5.74, 6) is 1.03. The van der Waals surface area contributed by atoms with Crippen LogP contribution in [0.4, 0.5) is 5.69 Å². The van der Waals surface area contributed by atoms with Crippen molar-refractivity contribution in [3.63, 3.8) is 0 Å². The van der Waals surface area contributed by atoms with E-state index < -0.39 is 5.60 Å². The lowest BCUT2D eigenvalue weighted by molar-refractivity contribution is -0.0403. The number of ether oxygens (including phenoxy) is 1. The number of nitrogens with two attached hydrogens (primary N) is 1. The van der Waals surface area contributed by atoms with Crippen molar-refractivity contribution in [1.82, 2.24) is 10.1 Å². The van der Waals surface area contributed by atoms with Crippen molar-refractivity contribution < 1.29 is 9.26 Å². The molecular weight excluding hydrogens is 266 g/mol. The summed E-state index contributed by atoms with van der Waals surface area (Å²) in [4.78, 5) is 4.39. The van der Waals surface area contributed by atoms with Crippen LogP contribution in [0.5, 0.6) is 0 Å². The van der Waals surface area contributed by atoms with Crippen LogP contribution in [0.1, 0.15) is 44.5 Å². The second kappa shape index (κ2) is 6.54. The Morgan fingerprint density at radius 1 is 1.24 bits per heavy atom. The minimum Gasteiger partial charge on any atom is -0.399 e. The van der Waals surface area contributed by atoms with E-state index in [4.69, 9.17) is 15.0 Å². The van der Waals surface area contributed by atoms with Crippen molar-refractivity contribution in [3.8, 4) is 0 Å². The van der Waals surface area contributed by atoms with Crippen LogP contribution in [0.25, 0.3) is 12.2 Å². The normalized spacial score (nSPS) is 14.4. The van der Waals surface area contributed by atoms with Gasteiger partial charge in [0, 0.05) is 18.4 Å². The Hall–Kier alpha value is -2.14. The van der Waals surface area contributed by atoms with E-state index in [1.807, 2.05) is 51.1 Å². The van der Waals surface area contributed by atoms with Gasteiger partial charge >= 0.3 is 0 Å². The van der Waals surface area contributed by atoms with Crippen molar-refractivity contribution in [3.05, 3.63) is 41.5 Å². The number of aromatic nitrogens is 2. The Bertz CT molecular complexity index is 604. The fourth-order valence-electron chi connectivity index (χ4n) is 1.94. The van der Waals surface area contributed by atoms with Crippen molar-refractivity contribution in [2.24, 2.45) is 0 Å². The predicted octanol–water partition coefficient (Wildman–Crippen LogP) is 3.48. The van der Waals surface area contributed by atoms with Crippen LogP contribution in [0.15, 0.2) is 28.8 Å². The number of hydrogen-bond donors (Lipinski definition) is 1. The molecule has 0 bridgehead atoms. The minimum absolute atomic E-state index is 0.459. The largest absolute Gasteiger partial charge is 0.399 e. The molecule has 2 aromatic rings. The van der Waals surface area contributed by atoms with Gasteiger partial charge in [0.2, 0.25) is 5.82 Å². The number of nitrogens with zero attached hydrogens (tertiary/aromatic N) is 2. The topological polar surface area (TPSA) is 74.2 Å². The summed E-state index contributed by atoms with van der Waals surface area (Å²) < 4.78 is 11.0. The molecule has 112 valence electrons. The molecule has 2 N–H and O–H groups in total. The second-order valence-corrected chi connectivity index (χ2v) is 4.97. The average molecular weight is 287 g/mol. The lowest BCUT2D eigenvalue weighted by Crippen LogP contribution is -2.26. The van der Waals surface area contributed by atoms with Gasteiger partial charge in [0.05, 0.1) is 0 Å². The first kappa shape index (κ1) is 15.3. The van der Waals surface area contributed by atoms with Gasteiger partial charge in [-0.3, -0.25) is 0 Å². The highest BCUT2D eigenvalue weighted by Crippen LogP contribution is 2.26. The Kier molecular flexibility index (Phi) is 4.75. The molecule has 1 aromatic heterocycles. The first-order chi connectivity index (χ1) is 10.1. The number of anilines is 1. The molecule has 1 unspecified atom stereocenters. The van der Waals surface area contributed by atoms with E-state index in [1.54, 1.807) is 6.08 Å². The Morgan fingerprint density at radius 2 is 1.95 bits per heavy atom. The molecule has 0 spiro atoms. The summed E-state index contributed by atoms with van der Waals surface area (Å²) in [7, 11) is 0. The number of nitrogen functional groups attached to an aromatic ring is 1. The van der Waals surface area contributed by atoms with E-state index in [2.05, 4.69) is 10.1 Å². The van der Waals surface area contributed by atoms with E-state index in [9.17, 15) is 0 Å². The summed E-state index contributed by atoms with van der Waals surface area (Å²) >= 11 is 0. The van der Waals surface area contributed by atoms with Crippen molar-refractivity contribution >= 4 is 17.8 Å². The Morgan fingerprint density at radius 3 is 2.57 bits per heavy atom. The van der Waals surface area contributed by atoms with Crippen molar-refractivity contribution in [2.45, 2.75) is 32.8 Å². The predicted molar refractivity (Wildman–Crippen MR) is 83.3 cm³/mol. The molecule has 0 aliphatic rings. The molecule has 0 fully saturated rings. The molecule has 5 heteroatoms. The monoisotopic (exact) mass is 287 g/mol. The summed E-state index contributed by atoms with van der Waals surface area (Å²) in [5.41, 5.74) is 6.90. The standard InChI is InChI=1S/C16H21N3O2/c1-4-16(3,20-5-2)15-18-14(21-19-15)11-8-12-6-9-13(17)10-7-12/h6-11H,4-5,17H2,1-3H3/b11-8+. The zero-order valence-electron chi connectivity index (χ0n) is 12.7. The van der Waals surface area contributed by atoms with Crippen LogP contribution < -0.4 is 5.73 Å². The van der Waals surface area contributed by atoms with E-state index in [0.29, 0.717) is 18.3 Å². The third-order valence-electron chi connectivity index (χ3n) is 3.41. The molecule has 1 heterocycles. The summed E-state index contributed by atoms with van der Waals surface area (Å²) in [5, 5.41) is 4.02. The third-order valence-corrected chi connectivity index (χ3v) is 3.41. The van der Waals surface area contributed by atoms with E-state index in [0.717, 1.165) is 17.7 Å². The highest BCUT2D eigenvalue weighted by Gasteiger charge is 2.30. The van der Waals surface area contributed by atoms with Crippen LogP contribution in [0, 0.1) is 0 Å². The van der Waals surface area contributed by atoms with E-state index >= 15 is 0 Å². The molecule has 21 heavy (non-hydrogen) atoms. The lowest BCUT2D eigenvalue weighted by Gasteiger charge is -2.23. The molecule has 0 aliphatic carbocycles. The van der Waals surface area contributed by atoms with Crippen LogP contribution in [-0.4, -0.2) is 16.7 Å². The quantitative estimate of drug-likeness (QED) is 0.823. The second-order valence-electron chi connectivity index (χ2n) is 4.97. The van der Waals surface area contributed by atoms with Gasteiger partial charge in [0.15, 0.2) is 0 Å². The molecule has 0 radical (unpaired) electrons. The van der Waals surface area contributed by atoms with Crippen LogP contribution in [-0.2, 0) is 10.3 Å². The molecule has 2 rings (SSSR count). The maximum atomic E-state index is 5.73. The molecule has 0 aliphatic heterocycles. The van der Waals surface area contributed by atoms with Gasteiger partial charge in [0.1, 0.15) is 5.60 Å². The highest BCUT2D eigenvalue weighted by molar-refractivity contribution is 5.66. The molecular formula is C16H21N3O2. The SMILES string of the molecule is CCOC(C)(CC)c1noc(/C=C/c2ccc(N)cc2)n1. The summed E-state index contributed by atoms with van der Waals surface area (Å²) in [6.07, 6.45) is 4.46. The average Bonchev–Trinajstić information content (AvgIpc) is 2.96. The fraction of sp³-hybridized carbons (Fsp3) is 0.375. The zero-order chi connectivity index (χ0) is 15.3. The van der Waals surface area contributed by atoms with Crippen molar-refractivity contribution in [2.75, 3.05) is 12.3 Å². The molecule has 1 aromatic carbocycles. The molecule has 0 saturated carbocycles. The van der Waals surface area contributed by atoms with Gasteiger partial charge in [-0.1, -0.05) is 24.2 Å². The van der Waals surface area contributed by atoms with Gasteiger partial charge in [-0.05, 0) is 44.0 Å². The summed E-state index contributed by atoms with van der Waals surface area (Å²) in [6.45, 7) is 6.57. The van der Waals surface area contributed by atoms with Crippen LogP contribution >= 0.6 is 0 Å². The van der Waals surface area contributed by atoms with Gasteiger partial charge in [-0.15, -0.1) is 0 Å². The van der Waals surface area contributed by atoms with E-state index in [-0.39, 0.29) is 0 Å². The molecule has 0 amide bonds. The number of hydrogen-bond acceptors (Lipinski definition) is 5. The van der Waals surface area contributed by atoms with Gasteiger partial charge in [-0.25, -0.2) is 0 Å². The number of benzene rings is 1. The Balaban J connectivity index is 2.14. The molecule has 5 nitrogen and oxygen atoms in total. The highest BCUT2D eigenvalue weighted by atomic mass is 16.5. The number of rotatable bonds is 6. The lowest BCUT2D eigenvalue weighted by atomic mass is 10.0. The first-order valence-corrected chi connectivity index (χ1v) is 7.09. The van der Waals surface area contributed by atoms with Gasteiger partial charge in [0.25, 0.3) is 5.89 Å². The minimum atomic E-state index is -0.508. The van der Waals surface area contributed by atoms with E-state index in [1.165, 1.54) is 0 Å². The van der Waals surface area contributed by atoms with Crippen molar-refractivity contribution in [1.29, 1.82) is 0 Å². The van der Waals surface area contributed by atoms with Crippen LogP contribution in [0.3, 0.4) is 0 Å². The van der Waals surface area contributed by atoms with Crippen LogP contribution in [0.2, 0.25) is 0 Å². The van der Waals surface area contributed by atoms with Gasteiger partial charge < -0.3 is 15.0 Å². The summed E-state index contributed by atoms with van der Waals surface area (Å²) in [6, 6.07) is 7.56. The zero-order valence-corrected chi connectivity index (χ0v) is 12.7. The molecule has 0 saturated heterocycles. The maximum Gasteiger partial charge on any atom is 0.250 e. The van der Waals surface area contributed by atoms with Gasteiger partial charge in [-0.2, -0.15) is 4.98 Å². The maximum absolute atomic E-state index is 5.73. The third kappa shape index (κ3) is 3.70. The smallest absolute Gasteiger partial charge is 0.250 e.